The van der Waals surface area contributed by atoms with Crippen molar-refractivity contribution < 1.29 is 9.59 Å². The molecule has 2 N–H and O–H groups in total. The molecule has 6 heteroatoms. The maximum Gasteiger partial charge on any atom is 0.313 e. The lowest BCUT2D eigenvalue weighted by atomic mass is 10.1. The number of hydrogen-bond donors (Lipinski definition) is 2. The van der Waals surface area contributed by atoms with Crippen LogP contribution < -0.4 is 10.6 Å². The van der Waals surface area contributed by atoms with Crippen molar-refractivity contribution in [2.45, 2.75) is 19.9 Å². The molecule has 154 valence electrons. The molecule has 0 bridgehead atoms. The molecule has 1 saturated heterocycles. The van der Waals surface area contributed by atoms with E-state index in [0.717, 1.165) is 45.7 Å². The van der Waals surface area contributed by atoms with Crippen LogP contribution in [0.25, 0.3) is 0 Å². The van der Waals surface area contributed by atoms with E-state index in [4.69, 9.17) is 0 Å². The summed E-state index contributed by atoms with van der Waals surface area (Å²) in [5.41, 5.74) is 3.16. The van der Waals surface area contributed by atoms with Gasteiger partial charge in [-0.05, 0) is 29.7 Å². The van der Waals surface area contributed by atoms with Gasteiger partial charge in [0, 0.05) is 51.5 Å². The number of carbonyl (C=O) groups is 2. The molecule has 29 heavy (non-hydrogen) atoms. The molecule has 6 nitrogen and oxygen atoms in total. The Kier molecular flexibility index (Phi) is 7.78. The smallest absolute Gasteiger partial charge is 0.313 e. The molecule has 0 aliphatic carbocycles. The molecule has 1 fully saturated rings. The Morgan fingerprint density at radius 2 is 1.48 bits per heavy atom. The number of aryl methyl sites for hydroxylation is 1. The molecule has 2 aromatic rings. The minimum absolute atomic E-state index is 0.472. The van der Waals surface area contributed by atoms with Crippen LogP contribution in [0, 0.1) is 0 Å². The first-order valence-corrected chi connectivity index (χ1v) is 10.3. The van der Waals surface area contributed by atoms with Crippen molar-refractivity contribution in [3.05, 3.63) is 65.7 Å². The molecular weight excluding hydrogens is 364 g/mol. The first-order valence-electron chi connectivity index (χ1n) is 10.3. The minimum Gasteiger partial charge on any atom is -0.347 e. The number of carbonyl (C=O) groups excluding carboxylic acids is 2. The van der Waals surface area contributed by atoms with Crippen LogP contribution in [-0.2, 0) is 22.6 Å². The second-order valence-electron chi connectivity index (χ2n) is 7.36. The van der Waals surface area contributed by atoms with Gasteiger partial charge in [0.2, 0.25) is 0 Å². The summed E-state index contributed by atoms with van der Waals surface area (Å²) in [6, 6.07) is 18.0. The summed E-state index contributed by atoms with van der Waals surface area (Å²) >= 11 is 0. The third-order valence-corrected chi connectivity index (χ3v) is 5.25. The third-order valence-electron chi connectivity index (χ3n) is 5.25. The van der Waals surface area contributed by atoms with Gasteiger partial charge in [-0.2, -0.15) is 0 Å². The molecule has 0 atom stereocenters. The van der Waals surface area contributed by atoms with Crippen molar-refractivity contribution >= 4 is 17.5 Å². The molecule has 0 aromatic heterocycles. The quantitative estimate of drug-likeness (QED) is 0.706. The average Bonchev–Trinajstić information content (AvgIpc) is 2.76. The van der Waals surface area contributed by atoms with Gasteiger partial charge >= 0.3 is 11.8 Å². The Labute approximate surface area is 172 Å². The van der Waals surface area contributed by atoms with E-state index in [1.165, 1.54) is 11.1 Å². The fourth-order valence-electron chi connectivity index (χ4n) is 3.43. The fourth-order valence-corrected chi connectivity index (χ4v) is 3.43. The summed E-state index contributed by atoms with van der Waals surface area (Å²) in [5.74, 6) is -1.21. The van der Waals surface area contributed by atoms with Crippen molar-refractivity contribution in [1.29, 1.82) is 0 Å². The van der Waals surface area contributed by atoms with E-state index < -0.39 is 11.8 Å². The van der Waals surface area contributed by atoms with E-state index in [9.17, 15) is 9.59 Å². The highest BCUT2D eigenvalue weighted by molar-refractivity contribution is 6.39. The minimum atomic E-state index is -0.623. The Hall–Kier alpha value is -2.70. The van der Waals surface area contributed by atoms with E-state index in [2.05, 4.69) is 51.6 Å². The molecule has 0 saturated carbocycles. The van der Waals surface area contributed by atoms with Gasteiger partial charge in [0.25, 0.3) is 0 Å². The van der Waals surface area contributed by atoms with Gasteiger partial charge in [-0.3, -0.25) is 19.4 Å². The summed E-state index contributed by atoms with van der Waals surface area (Å²) in [6.07, 6.45) is 0.940. The van der Waals surface area contributed by atoms with Crippen LogP contribution in [0.1, 0.15) is 18.1 Å². The van der Waals surface area contributed by atoms with E-state index in [-0.39, 0.29) is 0 Å². The third kappa shape index (κ3) is 6.69. The van der Waals surface area contributed by atoms with Gasteiger partial charge in [0.1, 0.15) is 0 Å². The van der Waals surface area contributed by atoms with Crippen LogP contribution in [0.4, 0.5) is 5.69 Å². The second-order valence-corrected chi connectivity index (χ2v) is 7.36. The highest BCUT2D eigenvalue weighted by Gasteiger charge is 2.18. The lowest BCUT2D eigenvalue weighted by Gasteiger charge is -2.34. The first-order chi connectivity index (χ1) is 14.1. The van der Waals surface area contributed by atoms with Crippen LogP contribution >= 0.6 is 0 Å². The summed E-state index contributed by atoms with van der Waals surface area (Å²) in [6.45, 7) is 8.24. The van der Waals surface area contributed by atoms with Gasteiger partial charge in [0.15, 0.2) is 0 Å². The molecule has 2 aromatic carbocycles. The second kappa shape index (κ2) is 10.7. The van der Waals surface area contributed by atoms with Crippen molar-refractivity contribution in [2.24, 2.45) is 0 Å². The van der Waals surface area contributed by atoms with Gasteiger partial charge in [-0.15, -0.1) is 0 Å². The lowest BCUT2D eigenvalue weighted by Crippen LogP contribution is -2.48. The highest BCUT2D eigenvalue weighted by Crippen LogP contribution is 2.10. The number of piperazine rings is 1. The molecule has 0 unspecified atom stereocenters. The van der Waals surface area contributed by atoms with Crippen molar-refractivity contribution in [2.75, 3.05) is 44.6 Å². The summed E-state index contributed by atoms with van der Waals surface area (Å²) in [5, 5.41) is 5.36. The summed E-state index contributed by atoms with van der Waals surface area (Å²) < 4.78 is 0. The van der Waals surface area contributed by atoms with E-state index in [1.807, 2.05) is 30.3 Å². The highest BCUT2D eigenvalue weighted by atomic mass is 16.2. The number of hydrogen-bond acceptors (Lipinski definition) is 4. The van der Waals surface area contributed by atoms with Crippen molar-refractivity contribution in [3.8, 4) is 0 Å². The van der Waals surface area contributed by atoms with Crippen LogP contribution in [0.3, 0.4) is 0 Å². The monoisotopic (exact) mass is 394 g/mol. The normalized spacial score (nSPS) is 15.1. The Morgan fingerprint density at radius 1 is 0.828 bits per heavy atom. The predicted octanol–water partition coefficient (Wildman–Crippen LogP) is 2.12. The SMILES string of the molecule is CCc1ccc(NC(=O)C(=O)NCCN2CCN(Cc3ccccc3)CC2)cc1. The molecule has 0 spiro atoms. The zero-order valence-corrected chi connectivity index (χ0v) is 17.1. The largest absolute Gasteiger partial charge is 0.347 e. The molecule has 0 radical (unpaired) electrons. The summed E-state index contributed by atoms with van der Waals surface area (Å²) in [4.78, 5) is 28.8. The number of nitrogens with one attached hydrogen (secondary N) is 2. The molecule has 2 amide bonds. The van der Waals surface area contributed by atoms with Gasteiger partial charge in [-0.1, -0.05) is 49.4 Å². The Bertz CT molecular complexity index is 784. The van der Waals surface area contributed by atoms with Gasteiger partial charge in [-0.25, -0.2) is 0 Å². The van der Waals surface area contributed by atoms with Crippen LogP contribution in [0.5, 0.6) is 0 Å². The van der Waals surface area contributed by atoms with Crippen LogP contribution in [-0.4, -0.2) is 60.9 Å². The summed E-state index contributed by atoms with van der Waals surface area (Å²) in [7, 11) is 0. The lowest BCUT2D eigenvalue weighted by molar-refractivity contribution is -0.136. The number of benzene rings is 2. The first kappa shape index (κ1) is 21.0. The number of nitrogens with zero attached hydrogens (tertiary/aromatic N) is 2. The predicted molar refractivity (Wildman–Crippen MR) is 116 cm³/mol. The maximum absolute atomic E-state index is 12.0. The van der Waals surface area contributed by atoms with Gasteiger partial charge < -0.3 is 10.6 Å². The van der Waals surface area contributed by atoms with Gasteiger partial charge in [0.05, 0.1) is 0 Å². The standard InChI is InChI=1S/C23H30N4O2/c1-2-19-8-10-21(11-9-19)25-23(29)22(28)24-12-13-26-14-16-27(17-15-26)18-20-6-4-3-5-7-20/h3-11H,2,12-18H2,1H3,(H,24,28)(H,25,29). The van der Waals surface area contributed by atoms with E-state index >= 15 is 0 Å². The van der Waals surface area contributed by atoms with Crippen molar-refractivity contribution in [3.63, 3.8) is 0 Å². The molecule has 1 aliphatic rings. The van der Waals surface area contributed by atoms with Crippen LogP contribution in [0.15, 0.2) is 54.6 Å². The molecular formula is C23H30N4O2. The Balaban J connectivity index is 1.32. The van der Waals surface area contributed by atoms with E-state index in [0.29, 0.717) is 12.2 Å². The number of rotatable bonds is 7. The molecule has 1 aliphatic heterocycles. The van der Waals surface area contributed by atoms with Crippen molar-refractivity contribution in [1.82, 2.24) is 15.1 Å². The fraction of sp³-hybridized carbons (Fsp3) is 0.391. The zero-order valence-electron chi connectivity index (χ0n) is 17.1. The topological polar surface area (TPSA) is 64.7 Å². The average molecular weight is 395 g/mol. The number of amides is 2. The maximum atomic E-state index is 12.0. The Morgan fingerprint density at radius 3 is 2.14 bits per heavy atom. The van der Waals surface area contributed by atoms with E-state index in [1.54, 1.807) is 0 Å². The molecule has 1 heterocycles. The molecule has 3 rings (SSSR count). The van der Waals surface area contributed by atoms with Crippen LogP contribution in [0.2, 0.25) is 0 Å². The number of anilines is 1. The zero-order chi connectivity index (χ0) is 20.5.